The fourth-order valence-corrected chi connectivity index (χ4v) is 3.05. The lowest BCUT2D eigenvalue weighted by molar-refractivity contribution is 0.354. The lowest BCUT2D eigenvalue weighted by atomic mass is 10.0. The summed E-state index contributed by atoms with van der Waals surface area (Å²) in [5, 5.41) is 2.08. The van der Waals surface area contributed by atoms with Gasteiger partial charge in [-0.2, -0.15) is 0 Å². The lowest BCUT2D eigenvalue weighted by Gasteiger charge is -2.13. The minimum Gasteiger partial charge on any atom is -0.493 e. The van der Waals surface area contributed by atoms with Crippen molar-refractivity contribution < 1.29 is 9.47 Å². The first-order valence-electron chi connectivity index (χ1n) is 6.16. The molecule has 0 saturated carbocycles. The number of aryl methyl sites for hydroxylation is 1. The fourth-order valence-electron chi connectivity index (χ4n) is 2.12. The molecule has 0 spiro atoms. The molecule has 1 aromatic carbocycles. The molecule has 0 saturated heterocycles. The van der Waals surface area contributed by atoms with Crippen LogP contribution >= 0.6 is 11.3 Å². The normalized spacial score (nSPS) is 12.2. The van der Waals surface area contributed by atoms with Gasteiger partial charge in [-0.3, -0.25) is 0 Å². The van der Waals surface area contributed by atoms with Crippen molar-refractivity contribution in [3.05, 3.63) is 45.6 Å². The SMILES string of the molecule is COc1ccc(CC(N)c2sccc2C)cc1OC. The molecule has 102 valence electrons. The van der Waals surface area contributed by atoms with E-state index >= 15 is 0 Å². The zero-order valence-corrected chi connectivity index (χ0v) is 12.3. The summed E-state index contributed by atoms with van der Waals surface area (Å²) in [6.45, 7) is 2.10. The number of methoxy groups -OCH3 is 2. The molecule has 0 bridgehead atoms. The van der Waals surface area contributed by atoms with E-state index in [2.05, 4.69) is 18.4 Å². The highest BCUT2D eigenvalue weighted by atomic mass is 32.1. The van der Waals surface area contributed by atoms with Crippen LogP contribution in [0.4, 0.5) is 0 Å². The molecule has 4 heteroatoms. The fraction of sp³-hybridized carbons (Fsp3) is 0.333. The first-order chi connectivity index (χ1) is 9.15. The van der Waals surface area contributed by atoms with E-state index in [1.54, 1.807) is 25.6 Å². The molecular weight excluding hydrogens is 258 g/mol. The second-order valence-corrected chi connectivity index (χ2v) is 5.42. The van der Waals surface area contributed by atoms with Crippen molar-refractivity contribution in [1.29, 1.82) is 0 Å². The van der Waals surface area contributed by atoms with Crippen LogP contribution in [-0.2, 0) is 6.42 Å². The van der Waals surface area contributed by atoms with E-state index in [0.717, 1.165) is 23.5 Å². The lowest BCUT2D eigenvalue weighted by Crippen LogP contribution is -2.13. The Morgan fingerprint density at radius 3 is 2.47 bits per heavy atom. The summed E-state index contributed by atoms with van der Waals surface area (Å²) >= 11 is 1.71. The average molecular weight is 277 g/mol. The smallest absolute Gasteiger partial charge is 0.160 e. The first-order valence-corrected chi connectivity index (χ1v) is 7.04. The van der Waals surface area contributed by atoms with Crippen molar-refractivity contribution in [2.45, 2.75) is 19.4 Å². The van der Waals surface area contributed by atoms with Crippen LogP contribution in [0.3, 0.4) is 0 Å². The molecule has 0 aliphatic rings. The highest BCUT2D eigenvalue weighted by Gasteiger charge is 2.13. The van der Waals surface area contributed by atoms with Crippen molar-refractivity contribution in [3.63, 3.8) is 0 Å². The maximum atomic E-state index is 6.27. The van der Waals surface area contributed by atoms with Crippen LogP contribution in [0.2, 0.25) is 0 Å². The Labute approximate surface area is 118 Å². The summed E-state index contributed by atoms with van der Waals surface area (Å²) in [4.78, 5) is 1.25. The number of nitrogens with two attached hydrogens (primary N) is 1. The molecule has 2 rings (SSSR count). The van der Waals surface area contributed by atoms with Crippen molar-refractivity contribution in [2.24, 2.45) is 5.73 Å². The molecule has 19 heavy (non-hydrogen) atoms. The minimum atomic E-state index is 0.0260. The number of hydrogen-bond donors (Lipinski definition) is 1. The van der Waals surface area contributed by atoms with E-state index in [1.165, 1.54) is 10.4 Å². The Morgan fingerprint density at radius 1 is 1.16 bits per heavy atom. The van der Waals surface area contributed by atoms with Crippen LogP contribution in [-0.4, -0.2) is 14.2 Å². The van der Waals surface area contributed by atoms with Crippen molar-refractivity contribution in [2.75, 3.05) is 14.2 Å². The molecule has 1 heterocycles. The highest BCUT2D eigenvalue weighted by Crippen LogP contribution is 2.30. The first kappa shape index (κ1) is 13.9. The highest BCUT2D eigenvalue weighted by molar-refractivity contribution is 7.10. The van der Waals surface area contributed by atoms with Crippen molar-refractivity contribution in [3.8, 4) is 11.5 Å². The number of thiophene rings is 1. The maximum Gasteiger partial charge on any atom is 0.160 e. The van der Waals surface area contributed by atoms with E-state index in [-0.39, 0.29) is 6.04 Å². The second-order valence-electron chi connectivity index (χ2n) is 4.47. The van der Waals surface area contributed by atoms with Crippen LogP contribution in [0.1, 0.15) is 22.0 Å². The van der Waals surface area contributed by atoms with Gasteiger partial charge in [-0.15, -0.1) is 11.3 Å². The molecule has 1 unspecified atom stereocenters. The Bertz CT molecular complexity index is 551. The Hall–Kier alpha value is -1.52. The molecular formula is C15H19NO2S. The molecule has 0 aliphatic carbocycles. The average Bonchev–Trinajstić information content (AvgIpc) is 2.85. The maximum absolute atomic E-state index is 6.27. The third-order valence-corrected chi connectivity index (χ3v) is 4.29. The number of hydrogen-bond acceptors (Lipinski definition) is 4. The van der Waals surface area contributed by atoms with E-state index in [0.29, 0.717) is 0 Å². The summed E-state index contributed by atoms with van der Waals surface area (Å²) in [6, 6.07) is 8.07. The summed E-state index contributed by atoms with van der Waals surface area (Å²) in [5.41, 5.74) is 8.69. The van der Waals surface area contributed by atoms with Crippen LogP contribution in [0.5, 0.6) is 11.5 Å². The zero-order chi connectivity index (χ0) is 13.8. The monoisotopic (exact) mass is 277 g/mol. The van der Waals surface area contributed by atoms with Gasteiger partial charge in [0.1, 0.15) is 0 Å². The molecule has 2 N–H and O–H groups in total. The summed E-state index contributed by atoms with van der Waals surface area (Å²) in [5.74, 6) is 1.49. The quantitative estimate of drug-likeness (QED) is 0.912. The van der Waals surface area contributed by atoms with Gasteiger partial charge in [0.2, 0.25) is 0 Å². The molecule has 1 aromatic heterocycles. The third kappa shape index (κ3) is 3.08. The molecule has 0 radical (unpaired) electrons. The Kier molecular flexibility index (Phi) is 4.45. The molecule has 2 aromatic rings. The van der Waals surface area contributed by atoms with Crippen molar-refractivity contribution >= 4 is 11.3 Å². The van der Waals surface area contributed by atoms with Gasteiger partial charge in [0, 0.05) is 10.9 Å². The molecule has 0 fully saturated rings. The van der Waals surface area contributed by atoms with E-state index < -0.39 is 0 Å². The van der Waals surface area contributed by atoms with E-state index in [1.807, 2.05) is 18.2 Å². The molecule has 1 atom stereocenters. The van der Waals surface area contributed by atoms with Gasteiger partial charge in [-0.05, 0) is 48.1 Å². The summed E-state index contributed by atoms with van der Waals surface area (Å²) in [7, 11) is 3.28. The van der Waals surface area contributed by atoms with Gasteiger partial charge in [0.15, 0.2) is 11.5 Å². The third-order valence-electron chi connectivity index (χ3n) is 3.14. The number of rotatable bonds is 5. The Balaban J connectivity index is 2.17. The predicted octanol–water partition coefficient (Wildman–Crippen LogP) is 3.32. The topological polar surface area (TPSA) is 44.5 Å². The van der Waals surface area contributed by atoms with Gasteiger partial charge < -0.3 is 15.2 Å². The van der Waals surface area contributed by atoms with Gasteiger partial charge in [0.25, 0.3) is 0 Å². The van der Waals surface area contributed by atoms with Crippen molar-refractivity contribution in [1.82, 2.24) is 0 Å². The Morgan fingerprint density at radius 2 is 1.89 bits per heavy atom. The van der Waals surface area contributed by atoms with Crippen LogP contribution in [0.25, 0.3) is 0 Å². The molecule has 3 nitrogen and oxygen atoms in total. The summed E-state index contributed by atoms with van der Waals surface area (Å²) in [6.07, 6.45) is 0.793. The standard InChI is InChI=1S/C15H19NO2S/c1-10-6-7-19-15(10)12(16)8-11-4-5-13(17-2)14(9-11)18-3/h4-7,9,12H,8,16H2,1-3H3. The van der Waals surface area contributed by atoms with Gasteiger partial charge in [-0.25, -0.2) is 0 Å². The van der Waals surface area contributed by atoms with Crippen LogP contribution < -0.4 is 15.2 Å². The predicted molar refractivity (Wildman–Crippen MR) is 79.2 cm³/mol. The summed E-state index contributed by atoms with van der Waals surface area (Å²) < 4.78 is 10.5. The minimum absolute atomic E-state index is 0.0260. The van der Waals surface area contributed by atoms with Crippen LogP contribution in [0.15, 0.2) is 29.6 Å². The number of benzene rings is 1. The van der Waals surface area contributed by atoms with Gasteiger partial charge >= 0.3 is 0 Å². The largest absolute Gasteiger partial charge is 0.493 e. The second kappa shape index (κ2) is 6.08. The zero-order valence-electron chi connectivity index (χ0n) is 11.5. The molecule has 0 amide bonds. The van der Waals surface area contributed by atoms with Gasteiger partial charge in [-0.1, -0.05) is 6.07 Å². The number of ether oxygens (including phenoxy) is 2. The van der Waals surface area contributed by atoms with Gasteiger partial charge in [0.05, 0.1) is 14.2 Å². The van der Waals surface area contributed by atoms with Crippen LogP contribution in [0, 0.1) is 6.92 Å². The van der Waals surface area contributed by atoms with E-state index in [4.69, 9.17) is 15.2 Å². The van der Waals surface area contributed by atoms with E-state index in [9.17, 15) is 0 Å². The molecule has 0 aliphatic heterocycles.